The Morgan fingerprint density at radius 1 is 0.862 bits per heavy atom. The van der Waals surface area contributed by atoms with E-state index in [0.717, 1.165) is 16.7 Å². The van der Waals surface area contributed by atoms with Crippen molar-refractivity contribution < 1.29 is 9.21 Å². The van der Waals surface area contributed by atoms with Gasteiger partial charge in [0.1, 0.15) is 0 Å². The Hall–Kier alpha value is -3.44. The minimum atomic E-state index is -0.208. The van der Waals surface area contributed by atoms with Gasteiger partial charge in [0.15, 0.2) is 0 Å². The van der Waals surface area contributed by atoms with Crippen LogP contribution < -0.4 is 5.32 Å². The molecule has 0 aliphatic rings. The average Bonchev–Trinajstić information content (AvgIpc) is 3.25. The van der Waals surface area contributed by atoms with Gasteiger partial charge in [-0.1, -0.05) is 48.0 Å². The second kappa shape index (κ2) is 8.29. The molecular formula is C23H18ClN3O2. The quantitative estimate of drug-likeness (QED) is 0.474. The minimum Gasteiger partial charge on any atom is -0.416 e. The first-order chi connectivity index (χ1) is 14.1. The zero-order valence-electron chi connectivity index (χ0n) is 15.7. The Bertz CT molecular complexity index is 1120. The fourth-order valence-corrected chi connectivity index (χ4v) is 3.28. The second-order valence-corrected chi connectivity index (χ2v) is 6.98. The Labute approximate surface area is 173 Å². The lowest BCUT2D eigenvalue weighted by Crippen LogP contribution is -2.26. The molecule has 0 bridgehead atoms. The molecule has 1 amide bonds. The lowest BCUT2D eigenvalue weighted by Gasteiger charge is -2.15. The molecule has 4 aromatic rings. The van der Waals surface area contributed by atoms with Crippen molar-refractivity contribution in [1.29, 1.82) is 0 Å². The number of amides is 1. The monoisotopic (exact) mass is 403 g/mol. The lowest BCUT2D eigenvalue weighted by molar-refractivity contribution is 0.0940. The largest absolute Gasteiger partial charge is 0.416 e. The summed E-state index contributed by atoms with van der Waals surface area (Å²) >= 11 is 6.21. The van der Waals surface area contributed by atoms with E-state index in [1.54, 1.807) is 24.3 Å². The summed E-state index contributed by atoms with van der Waals surface area (Å²) in [6.07, 6.45) is 0. The van der Waals surface area contributed by atoms with E-state index < -0.39 is 0 Å². The zero-order valence-corrected chi connectivity index (χ0v) is 16.4. The van der Waals surface area contributed by atoms with Crippen LogP contribution in [0.25, 0.3) is 22.9 Å². The van der Waals surface area contributed by atoms with Crippen LogP contribution in [0.15, 0.2) is 83.3 Å². The van der Waals surface area contributed by atoms with Gasteiger partial charge in [-0.15, -0.1) is 10.2 Å². The van der Waals surface area contributed by atoms with Crippen molar-refractivity contribution in [3.05, 3.63) is 95.0 Å². The number of benzene rings is 3. The number of rotatable bonds is 5. The van der Waals surface area contributed by atoms with E-state index in [4.69, 9.17) is 16.0 Å². The van der Waals surface area contributed by atoms with Gasteiger partial charge in [0, 0.05) is 21.7 Å². The molecule has 0 spiro atoms. The number of halogens is 1. The normalized spacial score (nSPS) is 11.8. The first-order valence-corrected chi connectivity index (χ1v) is 9.54. The molecule has 1 aromatic heterocycles. The molecule has 0 unspecified atom stereocenters. The van der Waals surface area contributed by atoms with Crippen LogP contribution in [-0.2, 0) is 0 Å². The van der Waals surface area contributed by atoms with Gasteiger partial charge >= 0.3 is 0 Å². The van der Waals surface area contributed by atoms with Gasteiger partial charge in [0.05, 0.1) is 6.04 Å². The van der Waals surface area contributed by atoms with Crippen molar-refractivity contribution in [3.63, 3.8) is 0 Å². The van der Waals surface area contributed by atoms with Crippen LogP contribution in [0, 0.1) is 0 Å². The van der Waals surface area contributed by atoms with Gasteiger partial charge in [-0.2, -0.15) is 0 Å². The first-order valence-electron chi connectivity index (χ1n) is 9.16. The highest BCUT2D eigenvalue weighted by Gasteiger charge is 2.15. The van der Waals surface area contributed by atoms with Crippen LogP contribution in [0.1, 0.15) is 28.9 Å². The molecule has 0 saturated heterocycles. The lowest BCUT2D eigenvalue weighted by atomic mass is 10.1. The van der Waals surface area contributed by atoms with Crippen LogP contribution in [0.2, 0.25) is 5.02 Å². The molecule has 144 valence electrons. The summed E-state index contributed by atoms with van der Waals surface area (Å²) in [5.41, 5.74) is 3.01. The summed E-state index contributed by atoms with van der Waals surface area (Å²) in [4.78, 5) is 12.6. The molecule has 3 aromatic carbocycles. The molecule has 0 saturated carbocycles. The fourth-order valence-electron chi connectivity index (χ4n) is 2.99. The van der Waals surface area contributed by atoms with E-state index in [9.17, 15) is 4.79 Å². The third-order valence-corrected chi connectivity index (χ3v) is 4.90. The minimum absolute atomic E-state index is 0.181. The van der Waals surface area contributed by atoms with Crippen molar-refractivity contribution in [2.45, 2.75) is 13.0 Å². The summed E-state index contributed by atoms with van der Waals surface area (Å²) in [5.74, 6) is 0.677. The highest BCUT2D eigenvalue weighted by Crippen LogP contribution is 2.25. The van der Waals surface area contributed by atoms with Crippen molar-refractivity contribution in [2.24, 2.45) is 0 Å². The van der Waals surface area contributed by atoms with Crippen LogP contribution in [-0.4, -0.2) is 16.1 Å². The highest BCUT2D eigenvalue weighted by molar-refractivity contribution is 6.31. The molecule has 6 heteroatoms. The highest BCUT2D eigenvalue weighted by atomic mass is 35.5. The molecule has 0 fully saturated rings. The van der Waals surface area contributed by atoms with Crippen LogP contribution in [0.5, 0.6) is 0 Å². The molecule has 5 nitrogen and oxygen atoms in total. The van der Waals surface area contributed by atoms with Crippen molar-refractivity contribution in [3.8, 4) is 22.9 Å². The number of hydrogen-bond acceptors (Lipinski definition) is 4. The van der Waals surface area contributed by atoms with Crippen molar-refractivity contribution in [1.82, 2.24) is 15.5 Å². The van der Waals surface area contributed by atoms with E-state index in [-0.39, 0.29) is 11.9 Å². The van der Waals surface area contributed by atoms with Crippen LogP contribution in [0.3, 0.4) is 0 Å². The summed E-state index contributed by atoms with van der Waals surface area (Å²) in [6.45, 7) is 1.90. The molecule has 1 N–H and O–H groups in total. The van der Waals surface area contributed by atoms with Gasteiger partial charge in [-0.25, -0.2) is 0 Å². The molecule has 0 aliphatic heterocycles. The Morgan fingerprint density at radius 3 is 2.10 bits per heavy atom. The predicted octanol–water partition coefficient (Wildman–Crippen LogP) is 5.55. The van der Waals surface area contributed by atoms with Crippen LogP contribution in [0.4, 0.5) is 0 Å². The van der Waals surface area contributed by atoms with Gasteiger partial charge in [0.25, 0.3) is 5.91 Å². The van der Waals surface area contributed by atoms with E-state index in [1.165, 1.54) is 0 Å². The SMILES string of the molecule is C[C@@H](NC(=O)c1ccc(-c2nnc(-c3ccccc3)o2)cc1)c1ccccc1Cl. The summed E-state index contributed by atoms with van der Waals surface area (Å²) in [5, 5.41) is 11.8. The topological polar surface area (TPSA) is 68.0 Å². The molecule has 4 rings (SSSR count). The Balaban J connectivity index is 1.47. The number of aromatic nitrogens is 2. The van der Waals surface area contributed by atoms with Gasteiger partial charge in [-0.3, -0.25) is 4.79 Å². The Morgan fingerprint density at radius 2 is 1.45 bits per heavy atom. The van der Waals surface area contributed by atoms with Crippen molar-refractivity contribution >= 4 is 17.5 Å². The molecule has 1 atom stereocenters. The number of hydrogen-bond donors (Lipinski definition) is 1. The number of nitrogens with one attached hydrogen (secondary N) is 1. The van der Waals surface area contributed by atoms with Crippen LogP contribution >= 0.6 is 11.6 Å². The van der Waals surface area contributed by atoms with E-state index >= 15 is 0 Å². The summed E-state index contributed by atoms with van der Waals surface area (Å²) in [7, 11) is 0. The predicted molar refractivity (Wildman–Crippen MR) is 113 cm³/mol. The summed E-state index contributed by atoms with van der Waals surface area (Å²) in [6, 6.07) is 23.9. The van der Waals surface area contributed by atoms with E-state index in [1.807, 2.05) is 61.5 Å². The molecular weight excluding hydrogens is 386 g/mol. The molecule has 0 aliphatic carbocycles. The first kappa shape index (κ1) is 18.9. The number of nitrogens with zero attached hydrogens (tertiary/aromatic N) is 2. The molecule has 29 heavy (non-hydrogen) atoms. The fraction of sp³-hybridized carbons (Fsp3) is 0.0870. The standard InChI is InChI=1S/C23H18ClN3O2/c1-15(19-9-5-6-10-20(19)24)25-21(28)16-11-13-18(14-12-16)23-27-26-22(29-23)17-7-3-2-4-8-17/h2-15H,1H3,(H,25,28)/t15-/m1/s1. The average molecular weight is 404 g/mol. The number of carbonyl (C=O) groups is 1. The smallest absolute Gasteiger partial charge is 0.251 e. The molecule has 0 radical (unpaired) electrons. The summed E-state index contributed by atoms with van der Waals surface area (Å²) < 4.78 is 5.75. The third kappa shape index (κ3) is 4.20. The maximum Gasteiger partial charge on any atom is 0.251 e. The van der Waals surface area contributed by atoms with Gasteiger partial charge < -0.3 is 9.73 Å². The van der Waals surface area contributed by atoms with E-state index in [0.29, 0.717) is 22.4 Å². The van der Waals surface area contributed by atoms with Gasteiger partial charge in [-0.05, 0) is 55.0 Å². The number of carbonyl (C=O) groups excluding carboxylic acids is 1. The zero-order chi connectivity index (χ0) is 20.2. The van der Waals surface area contributed by atoms with Crippen molar-refractivity contribution in [2.75, 3.05) is 0 Å². The van der Waals surface area contributed by atoms with E-state index in [2.05, 4.69) is 15.5 Å². The maximum atomic E-state index is 12.6. The maximum absolute atomic E-state index is 12.6. The second-order valence-electron chi connectivity index (χ2n) is 6.57. The molecule has 1 heterocycles. The Kier molecular flexibility index (Phi) is 5.40. The van der Waals surface area contributed by atoms with Gasteiger partial charge in [0.2, 0.25) is 11.8 Å². The third-order valence-electron chi connectivity index (χ3n) is 4.56.